The van der Waals surface area contributed by atoms with Gasteiger partial charge in [-0.2, -0.15) is 5.26 Å². The third kappa shape index (κ3) is 3.43. The number of allylic oxidation sites excluding steroid dienone is 1. The molecule has 0 aliphatic rings. The first-order valence-corrected chi connectivity index (χ1v) is 5.47. The summed E-state index contributed by atoms with van der Waals surface area (Å²) in [7, 11) is 0. The van der Waals surface area contributed by atoms with Crippen molar-refractivity contribution in [3.8, 4) is 6.07 Å². The Morgan fingerprint density at radius 2 is 2.06 bits per heavy atom. The monoisotopic (exact) mass is 214 g/mol. The van der Waals surface area contributed by atoms with Gasteiger partial charge >= 0.3 is 0 Å². The van der Waals surface area contributed by atoms with Crippen LogP contribution in [0.3, 0.4) is 0 Å². The number of nitriles is 1. The second-order valence-electron chi connectivity index (χ2n) is 4.26. The fraction of sp³-hybridized carbons (Fsp3) is 0.357. The molecule has 0 saturated carbocycles. The average molecular weight is 214 g/mol. The van der Waals surface area contributed by atoms with Crippen LogP contribution in [-0.2, 0) is 0 Å². The maximum atomic E-state index is 9.18. The van der Waals surface area contributed by atoms with E-state index in [1.807, 2.05) is 44.2 Å². The molecular formula is C14H18N2. The van der Waals surface area contributed by atoms with Crippen molar-refractivity contribution in [3.05, 3.63) is 42.5 Å². The minimum atomic E-state index is -0.524. The van der Waals surface area contributed by atoms with E-state index in [2.05, 4.69) is 18.0 Å². The Balaban J connectivity index is 2.73. The molecular weight excluding hydrogens is 196 g/mol. The second-order valence-corrected chi connectivity index (χ2v) is 4.26. The van der Waals surface area contributed by atoms with Gasteiger partial charge in [-0.1, -0.05) is 23.8 Å². The van der Waals surface area contributed by atoms with E-state index in [0.29, 0.717) is 0 Å². The summed E-state index contributed by atoms with van der Waals surface area (Å²) in [6, 6.07) is 10.4. The molecule has 1 N–H and O–H groups in total. The normalized spacial score (nSPS) is 13.6. The number of rotatable bonds is 5. The Hall–Kier alpha value is -1.75. The fourth-order valence-corrected chi connectivity index (χ4v) is 1.49. The van der Waals surface area contributed by atoms with Crippen LogP contribution in [0.5, 0.6) is 0 Å². The maximum Gasteiger partial charge on any atom is 0.122 e. The topological polar surface area (TPSA) is 35.8 Å². The number of aryl methyl sites for hydroxylation is 1. The van der Waals surface area contributed by atoms with Gasteiger partial charge in [0, 0.05) is 5.69 Å². The summed E-state index contributed by atoms with van der Waals surface area (Å²) in [5, 5.41) is 12.4. The van der Waals surface area contributed by atoms with Crippen LogP contribution in [0, 0.1) is 18.3 Å². The summed E-state index contributed by atoms with van der Waals surface area (Å²) >= 11 is 0. The first-order chi connectivity index (χ1) is 7.59. The van der Waals surface area contributed by atoms with Gasteiger partial charge in [0.15, 0.2) is 0 Å². The van der Waals surface area contributed by atoms with Crippen molar-refractivity contribution in [2.75, 3.05) is 5.32 Å². The molecule has 0 aliphatic carbocycles. The van der Waals surface area contributed by atoms with Gasteiger partial charge in [-0.3, -0.25) is 0 Å². The van der Waals surface area contributed by atoms with Crippen molar-refractivity contribution in [3.63, 3.8) is 0 Å². The summed E-state index contributed by atoms with van der Waals surface area (Å²) in [4.78, 5) is 0. The van der Waals surface area contributed by atoms with Crippen molar-refractivity contribution >= 4 is 5.69 Å². The Morgan fingerprint density at radius 1 is 1.44 bits per heavy atom. The van der Waals surface area contributed by atoms with E-state index in [4.69, 9.17) is 0 Å². The molecule has 1 atom stereocenters. The molecule has 0 spiro atoms. The summed E-state index contributed by atoms with van der Waals surface area (Å²) in [6.07, 6.45) is 3.44. The number of anilines is 1. The van der Waals surface area contributed by atoms with Crippen LogP contribution in [0.1, 0.15) is 25.3 Å². The Labute approximate surface area is 97.6 Å². The molecule has 0 bridgehead atoms. The number of benzene rings is 1. The standard InChI is InChI=1S/C14H18N2/c1-4-5-10-14(3,11-15)16-13-8-6-12(2)7-9-13/h4,6-9,16H,1,5,10H2,2-3H3. The summed E-state index contributed by atoms with van der Waals surface area (Å²) < 4.78 is 0. The number of nitrogens with zero attached hydrogens (tertiary/aromatic N) is 1. The second kappa shape index (κ2) is 5.37. The van der Waals surface area contributed by atoms with Crippen LogP contribution < -0.4 is 5.32 Å². The smallest absolute Gasteiger partial charge is 0.122 e. The molecule has 0 aliphatic heterocycles. The predicted octanol–water partition coefficient (Wildman–Crippen LogP) is 3.66. The van der Waals surface area contributed by atoms with Crippen LogP contribution in [-0.4, -0.2) is 5.54 Å². The van der Waals surface area contributed by atoms with Crippen LogP contribution in [0.25, 0.3) is 0 Å². The highest BCUT2D eigenvalue weighted by Gasteiger charge is 2.22. The van der Waals surface area contributed by atoms with Crippen molar-refractivity contribution in [1.82, 2.24) is 0 Å². The lowest BCUT2D eigenvalue weighted by molar-refractivity contribution is 0.596. The molecule has 0 saturated heterocycles. The zero-order valence-corrected chi connectivity index (χ0v) is 9.96. The molecule has 0 radical (unpaired) electrons. The molecule has 1 aromatic rings. The molecule has 0 aromatic heterocycles. The van der Waals surface area contributed by atoms with Crippen molar-refractivity contribution in [2.24, 2.45) is 0 Å². The van der Waals surface area contributed by atoms with Crippen molar-refractivity contribution in [1.29, 1.82) is 5.26 Å². The van der Waals surface area contributed by atoms with Crippen LogP contribution in [0.15, 0.2) is 36.9 Å². The van der Waals surface area contributed by atoms with Crippen LogP contribution >= 0.6 is 0 Å². The van der Waals surface area contributed by atoms with E-state index in [1.54, 1.807) is 0 Å². The lowest BCUT2D eigenvalue weighted by Gasteiger charge is -2.24. The molecule has 2 nitrogen and oxygen atoms in total. The molecule has 0 amide bonds. The fourth-order valence-electron chi connectivity index (χ4n) is 1.49. The predicted molar refractivity (Wildman–Crippen MR) is 68.3 cm³/mol. The third-order valence-electron chi connectivity index (χ3n) is 2.57. The Morgan fingerprint density at radius 3 is 2.56 bits per heavy atom. The maximum absolute atomic E-state index is 9.18. The minimum Gasteiger partial charge on any atom is -0.368 e. The van der Waals surface area contributed by atoms with Gasteiger partial charge < -0.3 is 5.32 Å². The number of hydrogen-bond acceptors (Lipinski definition) is 2. The minimum absolute atomic E-state index is 0.524. The van der Waals surface area contributed by atoms with E-state index in [-0.39, 0.29) is 0 Å². The number of hydrogen-bond donors (Lipinski definition) is 1. The van der Waals surface area contributed by atoms with E-state index in [1.165, 1.54) is 5.56 Å². The molecule has 1 aromatic carbocycles. The molecule has 0 heterocycles. The summed E-state index contributed by atoms with van der Waals surface area (Å²) in [5.41, 5.74) is 1.68. The molecule has 2 heteroatoms. The zero-order valence-electron chi connectivity index (χ0n) is 9.96. The van der Waals surface area contributed by atoms with Gasteiger partial charge in [-0.15, -0.1) is 6.58 Å². The van der Waals surface area contributed by atoms with Gasteiger partial charge in [0.05, 0.1) is 6.07 Å². The highest BCUT2D eigenvalue weighted by atomic mass is 15.0. The Bertz CT molecular complexity index is 386. The largest absolute Gasteiger partial charge is 0.368 e. The van der Waals surface area contributed by atoms with E-state index in [9.17, 15) is 5.26 Å². The highest BCUT2D eigenvalue weighted by Crippen LogP contribution is 2.20. The molecule has 1 unspecified atom stereocenters. The molecule has 1 rings (SSSR count). The third-order valence-corrected chi connectivity index (χ3v) is 2.57. The first-order valence-electron chi connectivity index (χ1n) is 5.47. The lowest BCUT2D eigenvalue weighted by atomic mass is 9.97. The molecule has 84 valence electrons. The zero-order chi connectivity index (χ0) is 12.0. The van der Waals surface area contributed by atoms with Gasteiger partial charge in [0.25, 0.3) is 0 Å². The lowest BCUT2D eigenvalue weighted by Crippen LogP contribution is -2.32. The quantitative estimate of drug-likeness (QED) is 0.759. The summed E-state index contributed by atoms with van der Waals surface area (Å²) in [5.74, 6) is 0. The van der Waals surface area contributed by atoms with Gasteiger partial charge in [-0.05, 0) is 38.8 Å². The Kier molecular flexibility index (Phi) is 4.13. The van der Waals surface area contributed by atoms with E-state index >= 15 is 0 Å². The van der Waals surface area contributed by atoms with Gasteiger partial charge in [-0.25, -0.2) is 0 Å². The van der Waals surface area contributed by atoms with Crippen molar-refractivity contribution in [2.45, 2.75) is 32.2 Å². The van der Waals surface area contributed by atoms with E-state index < -0.39 is 5.54 Å². The summed E-state index contributed by atoms with van der Waals surface area (Å²) in [6.45, 7) is 7.64. The molecule has 0 fully saturated rings. The van der Waals surface area contributed by atoms with Crippen molar-refractivity contribution < 1.29 is 0 Å². The van der Waals surface area contributed by atoms with Gasteiger partial charge in [0.2, 0.25) is 0 Å². The van der Waals surface area contributed by atoms with Crippen LogP contribution in [0.2, 0.25) is 0 Å². The first kappa shape index (κ1) is 12.3. The van der Waals surface area contributed by atoms with Gasteiger partial charge in [0.1, 0.15) is 5.54 Å². The SMILES string of the molecule is C=CCCC(C)(C#N)Nc1ccc(C)cc1. The van der Waals surface area contributed by atoms with E-state index in [0.717, 1.165) is 18.5 Å². The van der Waals surface area contributed by atoms with Crippen LogP contribution in [0.4, 0.5) is 5.69 Å². The molecule has 16 heavy (non-hydrogen) atoms. The average Bonchev–Trinajstić information content (AvgIpc) is 2.30. The number of nitrogens with one attached hydrogen (secondary N) is 1. The highest BCUT2D eigenvalue weighted by molar-refractivity contribution is 5.48.